The normalized spacial score (nSPS) is 9.44. The first kappa shape index (κ1) is 10.3. The molecule has 0 amide bonds. The standard InChI is InChI=1S/C14H11NO/c1-15-11-12-7-9-14(10-8-12)16-13-5-3-2-4-6-13/h2-10H,11H2. The highest BCUT2D eigenvalue weighted by molar-refractivity contribution is 5.33. The molecule has 2 aromatic rings. The van der Waals surface area contributed by atoms with Crippen molar-refractivity contribution < 1.29 is 4.74 Å². The molecule has 0 aliphatic carbocycles. The minimum atomic E-state index is 0.422. The Bertz CT molecular complexity index is 482. The van der Waals surface area contributed by atoms with Crippen LogP contribution in [0.1, 0.15) is 5.56 Å². The van der Waals surface area contributed by atoms with Crippen LogP contribution in [0.15, 0.2) is 54.6 Å². The summed E-state index contributed by atoms with van der Waals surface area (Å²) in [6.45, 7) is 7.19. The van der Waals surface area contributed by atoms with Crippen molar-refractivity contribution in [1.29, 1.82) is 0 Å². The molecule has 0 aliphatic heterocycles. The van der Waals surface area contributed by atoms with Gasteiger partial charge in [-0.1, -0.05) is 18.2 Å². The van der Waals surface area contributed by atoms with Gasteiger partial charge in [-0.3, -0.25) is 0 Å². The zero-order valence-corrected chi connectivity index (χ0v) is 8.76. The first-order chi connectivity index (χ1) is 7.88. The van der Waals surface area contributed by atoms with Crippen molar-refractivity contribution in [2.24, 2.45) is 0 Å². The molecule has 0 aromatic heterocycles. The van der Waals surface area contributed by atoms with Crippen LogP contribution in [0.3, 0.4) is 0 Å². The van der Waals surface area contributed by atoms with E-state index in [1.807, 2.05) is 54.6 Å². The van der Waals surface area contributed by atoms with Crippen LogP contribution in [-0.2, 0) is 6.54 Å². The van der Waals surface area contributed by atoms with Gasteiger partial charge in [0.25, 0.3) is 0 Å². The first-order valence-electron chi connectivity index (χ1n) is 5.03. The predicted molar refractivity (Wildman–Crippen MR) is 63.3 cm³/mol. The number of benzene rings is 2. The van der Waals surface area contributed by atoms with Crippen molar-refractivity contribution in [3.05, 3.63) is 71.6 Å². The molecular weight excluding hydrogens is 198 g/mol. The van der Waals surface area contributed by atoms with E-state index in [-0.39, 0.29) is 0 Å². The number of para-hydroxylation sites is 1. The van der Waals surface area contributed by atoms with Crippen LogP contribution in [0.5, 0.6) is 11.5 Å². The molecule has 2 nitrogen and oxygen atoms in total. The zero-order chi connectivity index (χ0) is 11.2. The highest BCUT2D eigenvalue weighted by atomic mass is 16.5. The number of hydrogen-bond acceptors (Lipinski definition) is 1. The van der Waals surface area contributed by atoms with E-state index in [0.29, 0.717) is 6.54 Å². The largest absolute Gasteiger partial charge is 0.457 e. The van der Waals surface area contributed by atoms with Gasteiger partial charge in [-0.05, 0) is 36.4 Å². The van der Waals surface area contributed by atoms with Gasteiger partial charge in [0.1, 0.15) is 11.5 Å². The highest BCUT2D eigenvalue weighted by Gasteiger charge is 1.98. The molecule has 0 radical (unpaired) electrons. The molecule has 0 N–H and O–H groups in total. The monoisotopic (exact) mass is 209 g/mol. The SMILES string of the molecule is [C-]#[N+]Cc1ccc(Oc2ccccc2)cc1. The third-order valence-electron chi connectivity index (χ3n) is 2.16. The lowest BCUT2D eigenvalue weighted by Gasteiger charge is -2.04. The summed E-state index contributed by atoms with van der Waals surface area (Å²) < 4.78 is 5.63. The first-order valence-corrected chi connectivity index (χ1v) is 5.03. The minimum Gasteiger partial charge on any atom is -0.457 e. The van der Waals surface area contributed by atoms with Crippen molar-refractivity contribution in [1.82, 2.24) is 0 Å². The Kier molecular flexibility index (Phi) is 3.20. The molecule has 0 aliphatic rings. The fourth-order valence-electron chi connectivity index (χ4n) is 1.38. The average Bonchev–Trinajstić information content (AvgIpc) is 2.33. The van der Waals surface area contributed by atoms with Gasteiger partial charge in [0.05, 0.1) is 0 Å². The maximum absolute atomic E-state index is 6.77. The second-order valence-corrected chi connectivity index (χ2v) is 3.38. The molecule has 2 aromatic carbocycles. The summed E-state index contributed by atoms with van der Waals surface area (Å²) in [4.78, 5) is 3.33. The summed E-state index contributed by atoms with van der Waals surface area (Å²) >= 11 is 0. The van der Waals surface area contributed by atoms with E-state index in [1.165, 1.54) is 0 Å². The molecule has 2 heteroatoms. The van der Waals surface area contributed by atoms with Gasteiger partial charge >= 0.3 is 0 Å². The molecule has 0 heterocycles. The molecular formula is C14H11NO. The Hall–Kier alpha value is -2.27. The molecule has 0 spiro atoms. The van der Waals surface area contributed by atoms with Gasteiger partial charge in [-0.25, -0.2) is 6.57 Å². The Morgan fingerprint density at radius 2 is 1.50 bits per heavy atom. The molecule has 0 saturated carbocycles. The van der Waals surface area contributed by atoms with Crippen molar-refractivity contribution in [3.63, 3.8) is 0 Å². The average molecular weight is 209 g/mol. The maximum atomic E-state index is 6.77. The van der Waals surface area contributed by atoms with Crippen LogP contribution in [0.2, 0.25) is 0 Å². The van der Waals surface area contributed by atoms with Crippen molar-refractivity contribution in [3.8, 4) is 11.5 Å². The molecule has 0 fully saturated rings. The van der Waals surface area contributed by atoms with Gasteiger partial charge in [0, 0.05) is 5.56 Å². The van der Waals surface area contributed by atoms with E-state index in [4.69, 9.17) is 11.3 Å². The van der Waals surface area contributed by atoms with Gasteiger partial charge in [-0.2, -0.15) is 0 Å². The number of rotatable bonds is 3. The molecule has 16 heavy (non-hydrogen) atoms. The fourth-order valence-corrected chi connectivity index (χ4v) is 1.38. The van der Waals surface area contributed by atoms with Gasteiger partial charge < -0.3 is 9.58 Å². The lowest BCUT2D eigenvalue weighted by molar-refractivity contribution is 0.482. The van der Waals surface area contributed by atoms with Gasteiger partial charge in [0.2, 0.25) is 6.54 Å². The summed E-state index contributed by atoms with van der Waals surface area (Å²) in [5, 5.41) is 0. The van der Waals surface area contributed by atoms with E-state index < -0.39 is 0 Å². The maximum Gasteiger partial charge on any atom is 0.239 e. The van der Waals surface area contributed by atoms with Crippen LogP contribution < -0.4 is 4.74 Å². The molecule has 2 rings (SSSR count). The Labute approximate surface area is 94.9 Å². The quantitative estimate of drug-likeness (QED) is 0.699. The molecule has 0 bridgehead atoms. The van der Waals surface area contributed by atoms with Crippen LogP contribution in [-0.4, -0.2) is 0 Å². The van der Waals surface area contributed by atoms with E-state index in [1.54, 1.807) is 0 Å². The Balaban J connectivity index is 2.09. The summed E-state index contributed by atoms with van der Waals surface area (Å²) in [5.41, 5.74) is 1.01. The zero-order valence-electron chi connectivity index (χ0n) is 8.76. The molecule has 0 atom stereocenters. The van der Waals surface area contributed by atoms with Crippen LogP contribution in [0.25, 0.3) is 4.85 Å². The second-order valence-electron chi connectivity index (χ2n) is 3.38. The van der Waals surface area contributed by atoms with E-state index in [2.05, 4.69) is 4.85 Å². The van der Waals surface area contributed by atoms with Gasteiger partial charge in [0.15, 0.2) is 0 Å². The fraction of sp³-hybridized carbons (Fsp3) is 0.0714. The summed E-state index contributed by atoms with van der Waals surface area (Å²) in [5.74, 6) is 1.61. The summed E-state index contributed by atoms with van der Waals surface area (Å²) in [6, 6.07) is 17.2. The molecule has 0 saturated heterocycles. The highest BCUT2D eigenvalue weighted by Crippen LogP contribution is 2.21. The van der Waals surface area contributed by atoms with Gasteiger partial charge in [-0.15, -0.1) is 0 Å². The number of hydrogen-bond donors (Lipinski definition) is 0. The van der Waals surface area contributed by atoms with Crippen LogP contribution in [0, 0.1) is 6.57 Å². The van der Waals surface area contributed by atoms with Crippen molar-refractivity contribution >= 4 is 0 Å². The third kappa shape index (κ3) is 2.61. The van der Waals surface area contributed by atoms with Crippen molar-refractivity contribution in [2.45, 2.75) is 6.54 Å². The number of nitrogens with zero attached hydrogens (tertiary/aromatic N) is 1. The molecule has 78 valence electrons. The van der Waals surface area contributed by atoms with E-state index in [0.717, 1.165) is 17.1 Å². The van der Waals surface area contributed by atoms with Crippen molar-refractivity contribution in [2.75, 3.05) is 0 Å². The Morgan fingerprint density at radius 3 is 2.12 bits per heavy atom. The second kappa shape index (κ2) is 4.99. The van der Waals surface area contributed by atoms with Crippen LogP contribution in [0.4, 0.5) is 0 Å². The topological polar surface area (TPSA) is 13.6 Å². The molecule has 0 unspecified atom stereocenters. The smallest absolute Gasteiger partial charge is 0.239 e. The Morgan fingerprint density at radius 1 is 0.875 bits per heavy atom. The summed E-state index contributed by atoms with van der Waals surface area (Å²) in [6.07, 6.45) is 0. The van der Waals surface area contributed by atoms with E-state index >= 15 is 0 Å². The van der Waals surface area contributed by atoms with E-state index in [9.17, 15) is 0 Å². The summed E-state index contributed by atoms with van der Waals surface area (Å²) in [7, 11) is 0. The third-order valence-corrected chi connectivity index (χ3v) is 2.16. The predicted octanol–water partition coefficient (Wildman–Crippen LogP) is 3.90. The number of ether oxygens (including phenoxy) is 1. The lowest BCUT2D eigenvalue weighted by Crippen LogP contribution is -1.84. The lowest BCUT2D eigenvalue weighted by atomic mass is 10.2. The van der Waals surface area contributed by atoms with Crippen LogP contribution >= 0.6 is 0 Å². The minimum absolute atomic E-state index is 0.422.